The highest BCUT2D eigenvalue weighted by atomic mass is 19.1. The maximum atomic E-state index is 14.4. The average molecular weight is 415 g/mol. The van der Waals surface area contributed by atoms with Crippen LogP contribution in [0.15, 0.2) is 48.7 Å². The Labute approximate surface area is 179 Å². The number of hydrogen-bond acceptors (Lipinski definition) is 5. The number of benzene rings is 2. The SMILES string of the molecule is Cn1cc2cc(-n3nc(NC[C@@H]4CCNC4)cc3-c3ccc(C#N)c(F)c3)ccc2n1. The molecule has 156 valence electrons. The van der Waals surface area contributed by atoms with Crippen LogP contribution >= 0.6 is 0 Å². The van der Waals surface area contributed by atoms with Crippen LogP contribution in [0.4, 0.5) is 10.2 Å². The van der Waals surface area contributed by atoms with Crippen LogP contribution in [0.5, 0.6) is 0 Å². The summed E-state index contributed by atoms with van der Waals surface area (Å²) in [6.45, 7) is 2.87. The van der Waals surface area contributed by atoms with Gasteiger partial charge < -0.3 is 10.6 Å². The van der Waals surface area contributed by atoms with Crippen LogP contribution < -0.4 is 10.6 Å². The van der Waals surface area contributed by atoms with E-state index >= 15 is 0 Å². The van der Waals surface area contributed by atoms with Gasteiger partial charge >= 0.3 is 0 Å². The van der Waals surface area contributed by atoms with Crippen LogP contribution in [0.1, 0.15) is 12.0 Å². The normalized spacial score (nSPS) is 16.0. The van der Waals surface area contributed by atoms with Gasteiger partial charge in [0, 0.05) is 36.8 Å². The second kappa shape index (κ2) is 7.85. The number of aromatic nitrogens is 4. The van der Waals surface area contributed by atoms with Crippen LogP contribution in [0.2, 0.25) is 0 Å². The lowest BCUT2D eigenvalue weighted by Gasteiger charge is -2.09. The summed E-state index contributed by atoms with van der Waals surface area (Å²) in [4.78, 5) is 0. The van der Waals surface area contributed by atoms with Crippen molar-refractivity contribution >= 4 is 16.7 Å². The van der Waals surface area contributed by atoms with E-state index in [0.717, 1.165) is 54.2 Å². The molecule has 2 aromatic heterocycles. The summed E-state index contributed by atoms with van der Waals surface area (Å²) in [5.41, 5.74) is 3.19. The molecule has 0 saturated carbocycles. The summed E-state index contributed by atoms with van der Waals surface area (Å²) in [6, 6.07) is 14.4. The number of nitrogens with one attached hydrogen (secondary N) is 2. The predicted octanol–water partition coefficient (Wildman–Crippen LogP) is 3.46. The first-order valence-corrected chi connectivity index (χ1v) is 10.3. The number of rotatable bonds is 5. The van der Waals surface area contributed by atoms with Crippen molar-refractivity contribution in [3.05, 3.63) is 60.0 Å². The minimum Gasteiger partial charge on any atom is -0.368 e. The van der Waals surface area contributed by atoms with Crippen molar-refractivity contribution in [2.45, 2.75) is 6.42 Å². The molecule has 2 N–H and O–H groups in total. The predicted molar refractivity (Wildman–Crippen MR) is 117 cm³/mol. The number of nitriles is 1. The zero-order valence-corrected chi connectivity index (χ0v) is 17.1. The molecule has 0 spiro atoms. The lowest BCUT2D eigenvalue weighted by atomic mass is 10.1. The monoisotopic (exact) mass is 415 g/mol. The standard InChI is InChI=1S/C23H22FN7/c1-30-14-18-8-19(4-5-21(18)28-30)31-22(16-2-3-17(11-25)20(24)9-16)10-23(29-31)27-13-15-6-7-26-12-15/h2-5,8-10,14-15,26H,6-7,12-13H2,1H3,(H,27,29)/t15-/m1/s1. The van der Waals surface area contributed by atoms with Crippen LogP contribution in [0.25, 0.3) is 27.8 Å². The number of halogens is 1. The van der Waals surface area contributed by atoms with Gasteiger partial charge in [0.1, 0.15) is 17.7 Å². The number of aryl methyl sites for hydroxylation is 1. The maximum absolute atomic E-state index is 14.4. The molecule has 1 atom stereocenters. The molecule has 1 aliphatic rings. The Morgan fingerprint density at radius 2 is 2.13 bits per heavy atom. The Balaban J connectivity index is 1.56. The lowest BCUT2D eigenvalue weighted by Crippen LogP contribution is -2.17. The van der Waals surface area contributed by atoms with E-state index in [2.05, 4.69) is 15.7 Å². The van der Waals surface area contributed by atoms with E-state index in [1.54, 1.807) is 10.7 Å². The van der Waals surface area contributed by atoms with Crippen molar-refractivity contribution in [2.24, 2.45) is 13.0 Å². The van der Waals surface area contributed by atoms with Gasteiger partial charge in [-0.05, 0) is 55.8 Å². The molecule has 5 rings (SSSR count). The van der Waals surface area contributed by atoms with Crippen molar-refractivity contribution in [1.29, 1.82) is 5.26 Å². The van der Waals surface area contributed by atoms with Gasteiger partial charge in [-0.1, -0.05) is 6.07 Å². The summed E-state index contributed by atoms with van der Waals surface area (Å²) in [6.07, 6.45) is 3.09. The summed E-state index contributed by atoms with van der Waals surface area (Å²) in [5.74, 6) is 0.757. The third-order valence-corrected chi connectivity index (χ3v) is 5.68. The smallest absolute Gasteiger partial charge is 0.149 e. The van der Waals surface area contributed by atoms with E-state index in [1.165, 1.54) is 12.1 Å². The molecule has 2 aromatic carbocycles. The molecule has 1 fully saturated rings. The molecule has 0 amide bonds. The van der Waals surface area contributed by atoms with Crippen molar-refractivity contribution in [3.63, 3.8) is 0 Å². The Morgan fingerprint density at radius 1 is 1.23 bits per heavy atom. The maximum Gasteiger partial charge on any atom is 0.149 e. The summed E-state index contributed by atoms with van der Waals surface area (Å²) in [5, 5.41) is 26.1. The highest BCUT2D eigenvalue weighted by molar-refractivity contribution is 5.81. The van der Waals surface area contributed by atoms with Gasteiger partial charge in [-0.25, -0.2) is 9.07 Å². The van der Waals surface area contributed by atoms with Gasteiger partial charge in [0.15, 0.2) is 0 Å². The van der Waals surface area contributed by atoms with E-state index in [0.29, 0.717) is 11.5 Å². The zero-order chi connectivity index (χ0) is 21.4. The van der Waals surface area contributed by atoms with Crippen molar-refractivity contribution < 1.29 is 4.39 Å². The minimum absolute atomic E-state index is 0.0266. The second-order valence-corrected chi connectivity index (χ2v) is 7.92. The van der Waals surface area contributed by atoms with E-state index < -0.39 is 5.82 Å². The fraction of sp³-hybridized carbons (Fsp3) is 0.261. The highest BCUT2D eigenvalue weighted by Crippen LogP contribution is 2.29. The molecule has 0 unspecified atom stereocenters. The quantitative estimate of drug-likeness (QED) is 0.522. The van der Waals surface area contributed by atoms with E-state index in [-0.39, 0.29) is 5.56 Å². The van der Waals surface area contributed by atoms with E-state index in [1.807, 2.05) is 48.3 Å². The van der Waals surface area contributed by atoms with E-state index in [4.69, 9.17) is 10.4 Å². The fourth-order valence-corrected chi connectivity index (χ4v) is 4.04. The largest absolute Gasteiger partial charge is 0.368 e. The van der Waals surface area contributed by atoms with Gasteiger partial charge in [0.2, 0.25) is 0 Å². The van der Waals surface area contributed by atoms with Gasteiger partial charge in [-0.15, -0.1) is 5.10 Å². The molecule has 31 heavy (non-hydrogen) atoms. The Bertz CT molecular complexity index is 1290. The number of hydrogen-bond donors (Lipinski definition) is 2. The molecule has 4 aromatic rings. The molecule has 0 bridgehead atoms. The molecule has 1 saturated heterocycles. The Morgan fingerprint density at radius 3 is 2.90 bits per heavy atom. The fourth-order valence-electron chi connectivity index (χ4n) is 4.04. The van der Waals surface area contributed by atoms with Crippen LogP contribution in [0, 0.1) is 23.1 Å². The minimum atomic E-state index is -0.540. The second-order valence-electron chi connectivity index (χ2n) is 7.92. The lowest BCUT2D eigenvalue weighted by molar-refractivity contribution is 0.613. The van der Waals surface area contributed by atoms with Crippen LogP contribution in [-0.2, 0) is 7.05 Å². The number of fused-ring (bicyclic) bond motifs is 1. The Kier molecular flexibility index (Phi) is 4.88. The first kappa shape index (κ1) is 19.3. The van der Waals surface area contributed by atoms with Gasteiger partial charge in [-0.2, -0.15) is 10.4 Å². The number of anilines is 1. The summed E-state index contributed by atoms with van der Waals surface area (Å²) in [7, 11) is 1.89. The first-order valence-electron chi connectivity index (χ1n) is 10.3. The van der Waals surface area contributed by atoms with Crippen molar-refractivity contribution in [2.75, 3.05) is 25.0 Å². The highest BCUT2D eigenvalue weighted by Gasteiger charge is 2.17. The molecule has 0 aliphatic carbocycles. The first-order chi connectivity index (χ1) is 15.1. The third kappa shape index (κ3) is 3.76. The average Bonchev–Trinajstić information content (AvgIpc) is 3.50. The topological polar surface area (TPSA) is 83.5 Å². The number of nitrogens with zero attached hydrogens (tertiary/aromatic N) is 5. The van der Waals surface area contributed by atoms with Gasteiger partial charge in [-0.3, -0.25) is 4.68 Å². The summed E-state index contributed by atoms with van der Waals surface area (Å²) < 4.78 is 17.9. The molecule has 8 heteroatoms. The van der Waals surface area contributed by atoms with Gasteiger partial charge in [0.25, 0.3) is 0 Å². The van der Waals surface area contributed by atoms with Crippen LogP contribution in [0.3, 0.4) is 0 Å². The molecule has 3 heterocycles. The van der Waals surface area contributed by atoms with Crippen molar-refractivity contribution in [1.82, 2.24) is 24.9 Å². The van der Waals surface area contributed by atoms with Gasteiger partial charge in [0.05, 0.1) is 22.5 Å². The molecular formula is C23H22FN7. The third-order valence-electron chi connectivity index (χ3n) is 5.68. The molecular weight excluding hydrogens is 393 g/mol. The van der Waals surface area contributed by atoms with E-state index in [9.17, 15) is 4.39 Å². The molecule has 1 aliphatic heterocycles. The van der Waals surface area contributed by atoms with Crippen LogP contribution in [-0.4, -0.2) is 39.2 Å². The Hall–Kier alpha value is -3.70. The van der Waals surface area contributed by atoms with Crippen molar-refractivity contribution in [3.8, 4) is 23.0 Å². The molecule has 0 radical (unpaired) electrons. The zero-order valence-electron chi connectivity index (χ0n) is 17.1. The molecule has 7 nitrogen and oxygen atoms in total. The summed E-state index contributed by atoms with van der Waals surface area (Å²) >= 11 is 0.